The van der Waals surface area contributed by atoms with Crippen LogP contribution in [0.4, 0.5) is 11.5 Å². The van der Waals surface area contributed by atoms with Crippen molar-refractivity contribution in [1.29, 1.82) is 0 Å². The second-order valence-electron chi connectivity index (χ2n) is 10.2. The van der Waals surface area contributed by atoms with Gasteiger partial charge in [-0.25, -0.2) is 9.97 Å². The van der Waals surface area contributed by atoms with Crippen molar-refractivity contribution in [2.75, 3.05) is 50.3 Å². The number of carbonyl (C=O) groups excluding carboxylic acids is 1. The standard InChI is InChI=1S/C27H36N6OS/c1-17-7-8-20-22(15-17)35-27-25(20)26(28)30-23(31-27)9-10-32-11-13-33(14-12-32)16-24(34)29-21-6-4-5-18(2)19(21)3/h4-6,17H,7-16H2,1-3H3,(H,29,34)(H2,28,30,31)/t17-/m1/s1. The normalized spacial score (nSPS) is 19.1. The first-order valence-electron chi connectivity index (χ1n) is 12.7. The molecule has 2 aliphatic rings. The molecule has 3 N–H and O–H groups in total. The molecule has 1 amide bonds. The Morgan fingerprint density at radius 3 is 2.74 bits per heavy atom. The van der Waals surface area contributed by atoms with Gasteiger partial charge in [-0.1, -0.05) is 19.1 Å². The fourth-order valence-electron chi connectivity index (χ4n) is 5.24. The summed E-state index contributed by atoms with van der Waals surface area (Å²) in [7, 11) is 0. The molecular formula is C27H36N6OS. The van der Waals surface area contributed by atoms with Crippen LogP contribution in [0.1, 0.15) is 40.7 Å². The number of hydrogen-bond donors (Lipinski definition) is 2. The number of carbonyl (C=O) groups is 1. The first-order chi connectivity index (χ1) is 16.9. The Bertz CT molecular complexity index is 1230. The molecule has 7 nitrogen and oxygen atoms in total. The SMILES string of the molecule is Cc1cccc(NC(=O)CN2CCN(CCc3nc(N)c4c5c(sc4n3)C[C@H](C)CC5)CC2)c1C. The van der Waals surface area contributed by atoms with E-state index in [-0.39, 0.29) is 5.91 Å². The summed E-state index contributed by atoms with van der Waals surface area (Å²) in [5.74, 6) is 2.28. The van der Waals surface area contributed by atoms with Gasteiger partial charge in [-0.05, 0) is 61.8 Å². The lowest BCUT2D eigenvalue weighted by atomic mass is 9.89. The Labute approximate surface area is 211 Å². The number of nitrogens with two attached hydrogens (primary N) is 1. The number of amides is 1. The zero-order valence-electron chi connectivity index (χ0n) is 21.1. The molecule has 1 atom stereocenters. The predicted molar refractivity (Wildman–Crippen MR) is 144 cm³/mol. The number of benzene rings is 1. The van der Waals surface area contributed by atoms with Crippen LogP contribution in [0.5, 0.6) is 0 Å². The number of nitrogens with zero attached hydrogens (tertiary/aromatic N) is 4. The molecule has 1 aliphatic carbocycles. The molecule has 0 spiro atoms. The molecule has 0 saturated carbocycles. The van der Waals surface area contributed by atoms with Crippen molar-refractivity contribution >= 4 is 39.0 Å². The Balaban J connectivity index is 1.12. The van der Waals surface area contributed by atoms with Crippen LogP contribution in [0.3, 0.4) is 0 Å². The van der Waals surface area contributed by atoms with Crippen LogP contribution in [-0.2, 0) is 24.1 Å². The Kier molecular flexibility index (Phi) is 7.05. The monoisotopic (exact) mass is 492 g/mol. The second kappa shape index (κ2) is 10.2. The molecule has 8 heteroatoms. The number of piperazine rings is 1. The summed E-state index contributed by atoms with van der Waals surface area (Å²) in [6, 6.07) is 6.02. The molecule has 1 saturated heterocycles. The van der Waals surface area contributed by atoms with Gasteiger partial charge >= 0.3 is 0 Å². The molecule has 3 aromatic rings. The quantitative estimate of drug-likeness (QED) is 0.544. The third-order valence-corrected chi connectivity index (χ3v) is 8.74. The average molecular weight is 493 g/mol. The summed E-state index contributed by atoms with van der Waals surface area (Å²) in [5.41, 5.74) is 11.0. The van der Waals surface area contributed by atoms with Crippen molar-refractivity contribution in [2.24, 2.45) is 5.92 Å². The van der Waals surface area contributed by atoms with E-state index in [1.54, 1.807) is 0 Å². The lowest BCUT2D eigenvalue weighted by Crippen LogP contribution is -2.49. The number of rotatable bonds is 6. The summed E-state index contributed by atoms with van der Waals surface area (Å²) in [5, 5.41) is 4.18. The summed E-state index contributed by atoms with van der Waals surface area (Å²) in [4.78, 5) is 29.3. The number of hydrogen-bond acceptors (Lipinski definition) is 7. The van der Waals surface area contributed by atoms with Gasteiger partial charge in [-0.3, -0.25) is 9.69 Å². The highest BCUT2D eigenvalue weighted by Gasteiger charge is 2.24. The number of nitrogens with one attached hydrogen (secondary N) is 1. The molecule has 1 fully saturated rings. The minimum atomic E-state index is 0.0531. The highest BCUT2D eigenvalue weighted by Crippen LogP contribution is 2.39. The van der Waals surface area contributed by atoms with Crippen molar-refractivity contribution in [3.05, 3.63) is 45.6 Å². The number of anilines is 2. The Morgan fingerprint density at radius 2 is 1.94 bits per heavy atom. The summed E-state index contributed by atoms with van der Waals surface area (Å²) in [6.07, 6.45) is 4.25. The highest BCUT2D eigenvalue weighted by molar-refractivity contribution is 7.19. The second-order valence-corrected chi connectivity index (χ2v) is 11.3. The molecule has 35 heavy (non-hydrogen) atoms. The van der Waals surface area contributed by atoms with Crippen LogP contribution >= 0.6 is 11.3 Å². The molecule has 0 unspecified atom stereocenters. The molecule has 0 bridgehead atoms. The first kappa shape index (κ1) is 24.2. The van der Waals surface area contributed by atoms with Crippen LogP contribution in [0.15, 0.2) is 18.2 Å². The van der Waals surface area contributed by atoms with Gasteiger partial charge in [-0.15, -0.1) is 11.3 Å². The molecule has 1 aliphatic heterocycles. The van der Waals surface area contributed by atoms with Gasteiger partial charge in [0, 0.05) is 49.7 Å². The summed E-state index contributed by atoms with van der Waals surface area (Å²) < 4.78 is 0. The van der Waals surface area contributed by atoms with E-state index in [0.717, 1.165) is 85.2 Å². The third-order valence-electron chi connectivity index (χ3n) is 7.59. The van der Waals surface area contributed by atoms with Crippen molar-refractivity contribution in [2.45, 2.75) is 46.5 Å². The van der Waals surface area contributed by atoms with Crippen molar-refractivity contribution in [1.82, 2.24) is 19.8 Å². The number of thiophene rings is 1. The van der Waals surface area contributed by atoms with Crippen LogP contribution in [0.25, 0.3) is 10.2 Å². The molecular weight excluding hydrogens is 456 g/mol. The molecule has 0 radical (unpaired) electrons. The van der Waals surface area contributed by atoms with Gasteiger partial charge in [-0.2, -0.15) is 0 Å². The number of fused-ring (bicyclic) bond motifs is 3. The molecule has 1 aromatic carbocycles. The number of aryl methyl sites for hydroxylation is 2. The fourth-order valence-corrected chi connectivity index (χ4v) is 6.65. The summed E-state index contributed by atoms with van der Waals surface area (Å²) >= 11 is 1.81. The van der Waals surface area contributed by atoms with Crippen molar-refractivity contribution in [3.8, 4) is 0 Å². The van der Waals surface area contributed by atoms with E-state index in [1.807, 2.05) is 30.4 Å². The van der Waals surface area contributed by atoms with Gasteiger partial charge in [0.25, 0.3) is 0 Å². The summed E-state index contributed by atoms with van der Waals surface area (Å²) in [6.45, 7) is 11.4. The maximum Gasteiger partial charge on any atom is 0.238 e. The van der Waals surface area contributed by atoms with Crippen LogP contribution in [-0.4, -0.2) is 64.9 Å². The van der Waals surface area contributed by atoms with Gasteiger partial charge < -0.3 is 16.0 Å². The maximum absolute atomic E-state index is 12.6. The molecule has 186 valence electrons. The van der Waals surface area contributed by atoms with Crippen LogP contribution < -0.4 is 11.1 Å². The van der Waals surface area contributed by atoms with Crippen molar-refractivity contribution < 1.29 is 4.79 Å². The topological polar surface area (TPSA) is 87.4 Å². The van der Waals surface area contributed by atoms with Gasteiger partial charge in [0.1, 0.15) is 16.5 Å². The zero-order chi connectivity index (χ0) is 24.5. The molecule has 3 heterocycles. The van der Waals surface area contributed by atoms with Crippen LogP contribution in [0.2, 0.25) is 0 Å². The molecule has 5 rings (SSSR count). The Morgan fingerprint density at radius 1 is 1.17 bits per heavy atom. The van der Waals surface area contributed by atoms with E-state index >= 15 is 0 Å². The van der Waals surface area contributed by atoms with Crippen LogP contribution in [0, 0.1) is 19.8 Å². The highest BCUT2D eigenvalue weighted by atomic mass is 32.1. The Hall–Kier alpha value is -2.55. The van der Waals surface area contributed by atoms with E-state index < -0.39 is 0 Å². The predicted octanol–water partition coefficient (Wildman–Crippen LogP) is 3.81. The van der Waals surface area contributed by atoms with Gasteiger partial charge in [0.15, 0.2) is 0 Å². The smallest absolute Gasteiger partial charge is 0.238 e. The van der Waals surface area contributed by atoms with E-state index in [2.05, 4.69) is 40.0 Å². The minimum absolute atomic E-state index is 0.0531. The zero-order valence-corrected chi connectivity index (χ0v) is 21.9. The largest absolute Gasteiger partial charge is 0.383 e. The van der Waals surface area contributed by atoms with E-state index in [9.17, 15) is 4.79 Å². The minimum Gasteiger partial charge on any atom is -0.383 e. The third kappa shape index (κ3) is 5.34. The fraction of sp³-hybridized carbons (Fsp3) is 0.519. The molecule has 2 aromatic heterocycles. The average Bonchev–Trinajstić information content (AvgIpc) is 3.19. The number of nitrogen functional groups attached to an aromatic ring is 1. The lowest BCUT2D eigenvalue weighted by Gasteiger charge is -2.34. The van der Waals surface area contributed by atoms with E-state index in [0.29, 0.717) is 12.4 Å². The van der Waals surface area contributed by atoms with Crippen molar-refractivity contribution in [3.63, 3.8) is 0 Å². The number of aromatic nitrogens is 2. The lowest BCUT2D eigenvalue weighted by molar-refractivity contribution is -0.117. The van der Waals surface area contributed by atoms with E-state index in [1.165, 1.54) is 22.4 Å². The van der Waals surface area contributed by atoms with Gasteiger partial charge in [0.05, 0.1) is 11.9 Å². The first-order valence-corrected chi connectivity index (χ1v) is 13.6. The van der Waals surface area contributed by atoms with E-state index in [4.69, 9.17) is 10.7 Å². The maximum atomic E-state index is 12.6. The van der Waals surface area contributed by atoms with Gasteiger partial charge in [0.2, 0.25) is 5.91 Å².